The Balaban J connectivity index is 1.81. The van der Waals surface area contributed by atoms with Gasteiger partial charge in [0, 0.05) is 22.3 Å². The average molecular weight is 412 g/mol. The number of nitrogens with one attached hydrogen (secondary N) is 1. The number of halogens is 3. The normalized spacial score (nSPS) is 16.6. The predicted molar refractivity (Wildman–Crippen MR) is 105 cm³/mol. The van der Waals surface area contributed by atoms with Crippen LogP contribution in [0.25, 0.3) is 0 Å². The second kappa shape index (κ2) is 7.87. The lowest BCUT2D eigenvalue weighted by atomic mass is 10.1. The summed E-state index contributed by atoms with van der Waals surface area (Å²) >= 11 is 18.1. The summed E-state index contributed by atoms with van der Waals surface area (Å²) in [6, 6.07) is 9.47. The standard InChI is InChI=1S/C19H17Cl3N2O2/c1-11-4-5-13(21)10-16(11)23-18(25)17-3-2-8-24(17)19(26)14-9-12(20)6-7-15(14)22/h4-7,9-10,17H,2-3,8H2,1H3,(H,23,25). The van der Waals surface area contributed by atoms with E-state index >= 15 is 0 Å². The van der Waals surface area contributed by atoms with E-state index in [0.717, 1.165) is 12.0 Å². The molecular weight excluding hydrogens is 395 g/mol. The second-order valence-corrected chi connectivity index (χ2v) is 7.51. The van der Waals surface area contributed by atoms with Gasteiger partial charge in [0.05, 0.1) is 10.6 Å². The van der Waals surface area contributed by atoms with Crippen molar-refractivity contribution in [2.24, 2.45) is 0 Å². The SMILES string of the molecule is Cc1ccc(Cl)cc1NC(=O)C1CCCN1C(=O)c1cc(Cl)ccc1Cl. The van der Waals surface area contributed by atoms with Crippen molar-refractivity contribution in [2.45, 2.75) is 25.8 Å². The van der Waals surface area contributed by atoms with Crippen molar-refractivity contribution in [1.82, 2.24) is 4.90 Å². The minimum Gasteiger partial charge on any atom is -0.327 e. The summed E-state index contributed by atoms with van der Waals surface area (Å²) in [6.45, 7) is 2.38. The van der Waals surface area contributed by atoms with Crippen molar-refractivity contribution in [2.75, 3.05) is 11.9 Å². The van der Waals surface area contributed by atoms with Crippen molar-refractivity contribution >= 4 is 52.3 Å². The monoisotopic (exact) mass is 410 g/mol. The third-order valence-electron chi connectivity index (χ3n) is 4.43. The number of benzene rings is 2. The lowest BCUT2D eigenvalue weighted by Crippen LogP contribution is -2.43. The van der Waals surface area contributed by atoms with E-state index in [1.807, 2.05) is 13.0 Å². The number of rotatable bonds is 3. The van der Waals surface area contributed by atoms with E-state index in [0.29, 0.717) is 39.3 Å². The summed E-state index contributed by atoms with van der Waals surface area (Å²) in [5.74, 6) is -0.530. The molecule has 0 spiro atoms. The Morgan fingerprint density at radius 2 is 1.77 bits per heavy atom. The smallest absolute Gasteiger partial charge is 0.256 e. The first-order valence-electron chi connectivity index (χ1n) is 8.20. The Labute approximate surface area is 167 Å². The van der Waals surface area contributed by atoms with Crippen LogP contribution < -0.4 is 5.32 Å². The highest BCUT2D eigenvalue weighted by Crippen LogP contribution is 2.27. The molecule has 136 valence electrons. The first-order chi connectivity index (χ1) is 12.4. The fourth-order valence-corrected chi connectivity index (χ4v) is 3.59. The molecule has 2 aromatic carbocycles. The Morgan fingerprint density at radius 1 is 1.08 bits per heavy atom. The lowest BCUT2D eigenvalue weighted by Gasteiger charge is -2.25. The molecule has 3 rings (SSSR count). The molecule has 1 aliphatic heterocycles. The number of aryl methyl sites for hydroxylation is 1. The molecule has 0 radical (unpaired) electrons. The van der Waals surface area contributed by atoms with Crippen LogP contribution in [0.5, 0.6) is 0 Å². The molecule has 0 saturated carbocycles. The predicted octanol–water partition coefficient (Wildman–Crippen LogP) is 5.20. The van der Waals surface area contributed by atoms with E-state index < -0.39 is 6.04 Å². The Hall–Kier alpha value is -1.75. The molecule has 4 nitrogen and oxygen atoms in total. The molecule has 2 amide bonds. The first kappa shape index (κ1) is 19.0. The molecule has 1 atom stereocenters. The van der Waals surface area contributed by atoms with Crippen molar-refractivity contribution in [3.63, 3.8) is 0 Å². The number of likely N-dealkylation sites (tertiary alicyclic amines) is 1. The highest BCUT2D eigenvalue weighted by atomic mass is 35.5. The maximum Gasteiger partial charge on any atom is 0.256 e. The van der Waals surface area contributed by atoms with E-state index in [-0.39, 0.29) is 11.8 Å². The molecule has 1 fully saturated rings. The minimum atomic E-state index is -0.559. The zero-order valence-corrected chi connectivity index (χ0v) is 16.3. The highest BCUT2D eigenvalue weighted by Gasteiger charge is 2.35. The molecule has 7 heteroatoms. The zero-order chi connectivity index (χ0) is 18.8. The van der Waals surface area contributed by atoms with Crippen LogP contribution >= 0.6 is 34.8 Å². The number of amides is 2. The van der Waals surface area contributed by atoms with Gasteiger partial charge in [0.25, 0.3) is 5.91 Å². The quantitative estimate of drug-likeness (QED) is 0.755. The molecule has 2 aromatic rings. The van der Waals surface area contributed by atoms with E-state index in [9.17, 15) is 9.59 Å². The molecule has 1 saturated heterocycles. The topological polar surface area (TPSA) is 49.4 Å². The van der Waals surface area contributed by atoms with Crippen LogP contribution in [-0.2, 0) is 4.79 Å². The summed E-state index contributed by atoms with van der Waals surface area (Å²) in [4.78, 5) is 27.2. The van der Waals surface area contributed by atoms with E-state index in [1.165, 1.54) is 6.07 Å². The van der Waals surface area contributed by atoms with Crippen molar-refractivity contribution < 1.29 is 9.59 Å². The lowest BCUT2D eigenvalue weighted by molar-refractivity contribution is -0.119. The third kappa shape index (κ3) is 3.98. The van der Waals surface area contributed by atoms with Crippen molar-refractivity contribution in [3.8, 4) is 0 Å². The van der Waals surface area contributed by atoms with Crippen LogP contribution in [0.2, 0.25) is 15.1 Å². The number of hydrogen-bond donors (Lipinski definition) is 1. The van der Waals surface area contributed by atoms with Gasteiger partial charge in [-0.15, -0.1) is 0 Å². The van der Waals surface area contributed by atoms with Crippen LogP contribution in [-0.4, -0.2) is 29.3 Å². The fourth-order valence-electron chi connectivity index (χ4n) is 3.04. The van der Waals surface area contributed by atoms with Gasteiger partial charge in [0.2, 0.25) is 5.91 Å². The molecular formula is C19H17Cl3N2O2. The Kier molecular flexibility index (Phi) is 5.76. The second-order valence-electron chi connectivity index (χ2n) is 6.23. The molecule has 0 bridgehead atoms. The molecule has 26 heavy (non-hydrogen) atoms. The summed E-state index contributed by atoms with van der Waals surface area (Å²) in [5.41, 5.74) is 1.84. The van der Waals surface area contributed by atoms with Crippen LogP contribution in [0.3, 0.4) is 0 Å². The first-order valence-corrected chi connectivity index (χ1v) is 9.33. The summed E-state index contributed by atoms with van der Waals surface area (Å²) in [6.07, 6.45) is 1.34. The number of carbonyl (C=O) groups is 2. The number of anilines is 1. The van der Waals surface area contributed by atoms with Gasteiger partial charge in [-0.25, -0.2) is 0 Å². The maximum atomic E-state index is 12.9. The number of hydrogen-bond acceptors (Lipinski definition) is 2. The van der Waals surface area contributed by atoms with Crippen LogP contribution in [0.4, 0.5) is 5.69 Å². The van der Waals surface area contributed by atoms with Crippen LogP contribution in [0.1, 0.15) is 28.8 Å². The average Bonchev–Trinajstić information content (AvgIpc) is 3.09. The number of carbonyl (C=O) groups excluding carboxylic acids is 2. The van der Waals surface area contributed by atoms with Crippen LogP contribution in [0, 0.1) is 6.92 Å². The molecule has 1 unspecified atom stereocenters. The van der Waals surface area contributed by atoms with Gasteiger partial charge in [-0.1, -0.05) is 40.9 Å². The molecule has 0 aromatic heterocycles. The van der Waals surface area contributed by atoms with Gasteiger partial charge < -0.3 is 10.2 Å². The molecule has 1 N–H and O–H groups in total. The summed E-state index contributed by atoms with van der Waals surface area (Å²) < 4.78 is 0. The highest BCUT2D eigenvalue weighted by molar-refractivity contribution is 6.35. The number of nitrogens with zero attached hydrogens (tertiary/aromatic N) is 1. The van der Waals surface area contributed by atoms with Gasteiger partial charge in [0.15, 0.2) is 0 Å². The van der Waals surface area contributed by atoms with E-state index in [2.05, 4.69) is 5.32 Å². The fraction of sp³-hybridized carbons (Fsp3) is 0.263. The summed E-state index contributed by atoms with van der Waals surface area (Å²) in [5, 5.41) is 4.16. The molecule has 1 aliphatic rings. The Bertz CT molecular complexity index is 870. The van der Waals surface area contributed by atoms with Gasteiger partial charge in [-0.3, -0.25) is 9.59 Å². The van der Waals surface area contributed by atoms with Gasteiger partial charge in [-0.05, 0) is 55.7 Å². The largest absolute Gasteiger partial charge is 0.327 e. The van der Waals surface area contributed by atoms with E-state index in [1.54, 1.807) is 29.2 Å². The van der Waals surface area contributed by atoms with Crippen LogP contribution in [0.15, 0.2) is 36.4 Å². The van der Waals surface area contributed by atoms with Crippen molar-refractivity contribution in [3.05, 3.63) is 62.6 Å². The molecule has 0 aliphatic carbocycles. The zero-order valence-electron chi connectivity index (χ0n) is 14.1. The van der Waals surface area contributed by atoms with Gasteiger partial charge >= 0.3 is 0 Å². The summed E-state index contributed by atoms with van der Waals surface area (Å²) in [7, 11) is 0. The molecule has 1 heterocycles. The Morgan fingerprint density at radius 3 is 2.54 bits per heavy atom. The third-order valence-corrected chi connectivity index (χ3v) is 5.23. The minimum absolute atomic E-state index is 0.237. The maximum absolute atomic E-state index is 12.9. The van der Waals surface area contributed by atoms with E-state index in [4.69, 9.17) is 34.8 Å². The van der Waals surface area contributed by atoms with Crippen molar-refractivity contribution in [1.29, 1.82) is 0 Å². The van der Waals surface area contributed by atoms with Gasteiger partial charge in [0.1, 0.15) is 6.04 Å². The van der Waals surface area contributed by atoms with Gasteiger partial charge in [-0.2, -0.15) is 0 Å².